The molecule has 1 atom stereocenters. The van der Waals surface area contributed by atoms with Gasteiger partial charge in [0.25, 0.3) is 0 Å². The number of unbranched alkanes of at least 4 members (excludes halogenated alkanes) is 1. The Kier molecular flexibility index (Phi) is 7.72. The molecule has 0 spiro atoms. The van der Waals surface area contributed by atoms with Crippen molar-refractivity contribution in [1.29, 1.82) is 0 Å². The Labute approximate surface area is 182 Å². The molecule has 0 amide bonds. The van der Waals surface area contributed by atoms with E-state index in [0.29, 0.717) is 17.2 Å². The Bertz CT molecular complexity index is 1040. The number of carbonyl (C=O) groups is 1. The lowest BCUT2D eigenvalue weighted by atomic mass is 10.0. The van der Waals surface area contributed by atoms with Crippen molar-refractivity contribution in [1.82, 2.24) is 0 Å². The fourth-order valence-electron chi connectivity index (χ4n) is 3.15. The summed E-state index contributed by atoms with van der Waals surface area (Å²) in [6.45, 7) is 8.43. The smallest absolute Gasteiger partial charge is 0.333 e. The molecule has 0 saturated carbocycles. The van der Waals surface area contributed by atoms with Gasteiger partial charge in [-0.3, -0.25) is 0 Å². The molecule has 0 radical (unpaired) electrons. The second-order valence-corrected chi connectivity index (χ2v) is 7.78. The van der Waals surface area contributed by atoms with E-state index in [2.05, 4.69) is 19.6 Å². The van der Waals surface area contributed by atoms with Gasteiger partial charge in [-0.1, -0.05) is 61.9 Å². The molecule has 0 heterocycles. The van der Waals surface area contributed by atoms with Crippen LogP contribution in [0.15, 0.2) is 60.7 Å². The molecule has 0 aromatic heterocycles. The third kappa shape index (κ3) is 5.53. The summed E-state index contributed by atoms with van der Waals surface area (Å²) in [7, 11) is 0. The fourth-order valence-corrected chi connectivity index (χ4v) is 3.33. The zero-order valence-corrected chi connectivity index (χ0v) is 18.2. The highest BCUT2D eigenvalue weighted by molar-refractivity contribution is 6.31. The third-order valence-electron chi connectivity index (χ3n) is 4.76. The minimum atomic E-state index is -0.542. The van der Waals surface area contributed by atoms with Crippen LogP contribution in [0.4, 0.5) is 0 Å². The molecule has 0 aliphatic heterocycles. The first kappa shape index (κ1) is 22.1. The Hall–Kier alpha value is -2.56. The highest BCUT2D eigenvalue weighted by atomic mass is 35.5. The minimum Gasteiger partial charge on any atom is -0.488 e. The molecule has 0 N–H and O–H groups in total. The number of esters is 1. The summed E-state index contributed by atoms with van der Waals surface area (Å²) < 4.78 is 17.5. The van der Waals surface area contributed by atoms with E-state index >= 15 is 0 Å². The van der Waals surface area contributed by atoms with Crippen molar-refractivity contribution >= 4 is 39.1 Å². The van der Waals surface area contributed by atoms with Gasteiger partial charge in [0.1, 0.15) is 12.4 Å². The molecule has 0 aliphatic rings. The molecule has 0 bridgehead atoms. The number of hydrogen-bond acceptors (Lipinski definition) is 4. The maximum atomic E-state index is 12.1. The summed E-state index contributed by atoms with van der Waals surface area (Å²) in [6.07, 6.45) is 1.45. The average molecular weight is 427 g/mol. The van der Waals surface area contributed by atoms with Crippen molar-refractivity contribution in [3.8, 4) is 5.75 Å². The second kappa shape index (κ2) is 10.5. The topological polar surface area (TPSA) is 44.8 Å². The van der Waals surface area contributed by atoms with Crippen LogP contribution < -0.4 is 4.74 Å². The molecule has 30 heavy (non-hydrogen) atoms. The number of benzene rings is 3. The number of halogens is 1. The van der Waals surface area contributed by atoms with Gasteiger partial charge in [-0.05, 0) is 42.3 Å². The molecule has 4 nitrogen and oxygen atoms in total. The lowest BCUT2D eigenvalue weighted by molar-refractivity contribution is -0.149. The van der Waals surface area contributed by atoms with Gasteiger partial charge in [-0.25, -0.2) is 4.79 Å². The van der Waals surface area contributed by atoms with Gasteiger partial charge in [-0.15, -0.1) is 0 Å². The first-order valence-corrected chi connectivity index (χ1v) is 10.6. The first-order valence-electron chi connectivity index (χ1n) is 10.2. The molecule has 1 unspecified atom stereocenters. The van der Waals surface area contributed by atoms with Crippen LogP contribution in [-0.2, 0) is 14.3 Å². The lowest BCUT2D eigenvalue weighted by Gasteiger charge is -2.20. The van der Waals surface area contributed by atoms with E-state index in [0.717, 1.165) is 40.1 Å². The molecule has 5 heteroatoms. The van der Waals surface area contributed by atoms with Crippen LogP contribution in [0.3, 0.4) is 0 Å². The normalized spacial score (nSPS) is 12.1. The molecule has 0 saturated heterocycles. The summed E-state index contributed by atoms with van der Waals surface area (Å²) in [6, 6.07) is 15.9. The number of fused-ring (bicyclic) bond motifs is 2. The van der Waals surface area contributed by atoms with Gasteiger partial charge >= 0.3 is 5.97 Å². The van der Waals surface area contributed by atoms with E-state index in [9.17, 15) is 4.79 Å². The minimum absolute atomic E-state index is 0.167. The maximum absolute atomic E-state index is 12.1. The zero-order chi connectivity index (χ0) is 21.5. The lowest BCUT2D eigenvalue weighted by Crippen LogP contribution is -2.30. The highest BCUT2D eigenvalue weighted by Gasteiger charge is 2.18. The van der Waals surface area contributed by atoms with Gasteiger partial charge in [0.15, 0.2) is 6.10 Å². The summed E-state index contributed by atoms with van der Waals surface area (Å²) >= 11 is 6.25. The molecular weight excluding hydrogens is 400 g/mol. The highest BCUT2D eigenvalue weighted by Crippen LogP contribution is 2.36. The molecule has 3 aromatic rings. The van der Waals surface area contributed by atoms with E-state index in [1.54, 1.807) is 6.92 Å². The van der Waals surface area contributed by atoms with Crippen molar-refractivity contribution in [2.45, 2.75) is 32.8 Å². The largest absolute Gasteiger partial charge is 0.488 e. The first-order chi connectivity index (χ1) is 14.5. The van der Waals surface area contributed by atoms with Crippen molar-refractivity contribution in [2.24, 2.45) is 0 Å². The SMILES string of the molecule is C=C(C)C(=O)OC(COCCCC)COc1c2ccccc2cc2ccc(Cl)cc12. The predicted molar refractivity (Wildman–Crippen MR) is 122 cm³/mol. The van der Waals surface area contributed by atoms with Gasteiger partial charge in [0.2, 0.25) is 0 Å². The van der Waals surface area contributed by atoms with E-state index in [-0.39, 0.29) is 13.2 Å². The van der Waals surface area contributed by atoms with E-state index in [4.69, 9.17) is 25.8 Å². The molecular formula is C25H27ClO4. The Morgan fingerprint density at radius 3 is 2.60 bits per heavy atom. The summed E-state index contributed by atoms with van der Waals surface area (Å²) in [4.78, 5) is 12.1. The Morgan fingerprint density at radius 1 is 1.07 bits per heavy atom. The molecule has 158 valence electrons. The van der Waals surface area contributed by atoms with Crippen molar-refractivity contribution in [2.75, 3.05) is 19.8 Å². The number of carbonyl (C=O) groups excluding carboxylic acids is 1. The summed E-state index contributed by atoms with van der Waals surface area (Å²) in [5, 5.41) is 4.62. The monoisotopic (exact) mass is 426 g/mol. The van der Waals surface area contributed by atoms with Gasteiger partial charge < -0.3 is 14.2 Å². The molecule has 0 fully saturated rings. The van der Waals surface area contributed by atoms with E-state index in [1.807, 2.05) is 42.5 Å². The van der Waals surface area contributed by atoms with E-state index < -0.39 is 12.1 Å². The van der Waals surface area contributed by atoms with Crippen LogP contribution in [0.25, 0.3) is 21.5 Å². The number of ether oxygens (including phenoxy) is 3. The van der Waals surface area contributed by atoms with Gasteiger partial charge in [-0.2, -0.15) is 0 Å². The maximum Gasteiger partial charge on any atom is 0.333 e. The van der Waals surface area contributed by atoms with Crippen LogP contribution in [0.2, 0.25) is 5.02 Å². The van der Waals surface area contributed by atoms with Crippen LogP contribution >= 0.6 is 11.6 Å². The standard InChI is InChI=1S/C25H27ClO4/c1-4-5-12-28-15-21(30-25(27)17(2)3)16-29-24-22-9-7-6-8-18(22)13-19-10-11-20(26)14-23(19)24/h6-11,13-14,21H,2,4-5,12,15-16H2,1,3H3. The Morgan fingerprint density at radius 2 is 1.83 bits per heavy atom. The predicted octanol–water partition coefficient (Wildman–Crippen LogP) is 6.33. The van der Waals surface area contributed by atoms with Crippen LogP contribution in [-0.4, -0.2) is 31.9 Å². The van der Waals surface area contributed by atoms with Crippen molar-refractivity contribution < 1.29 is 19.0 Å². The second-order valence-electron chi connectivity index (χ2n) is 7.34. The summed E-state index contributed by atoms with van der Waals surface area (Å²) in [5.74, 6) is 0.268. The van der Waals surface area contributed by atoms with Gasteiger partial charge in [0, 0.05) is 28.0 Å². The zero-order valence-electron chi connectivity index (χ0n) is 17.4. The third-order valence-corrected chi connectivity index (χ3v) is 4.99. The molecule has 3 rings (SSSR count). The number of rotatable bonds is 10. The summed E-state index contributed by atoms with van der Waals surface area (Å²) in [5.41, 5.74) is 0.343. The molecule has 3 aromatic carbocycles. The fraction of sp³-hybridized carbons (Fsp3) is 0.320. The van der Waals surface area contributed by atoms with Crippen molar-refractivity contribution in [3.05, 3.63) is 65.7 Å². The van der Waals surface area contributed by atoms with E-state index in [1.165, 1.54) is 0 Å². The number of hydrogen-bond donors (Lipinski definition) is 0. The Balaban J connectivity index is 1.88. The quantitative estimate of drug-likeness (QED) is 0.164. The van der Waals surface area contributed by atoms with Crippen LogP contribution in [0.1, 0.15) is 26.7 Å². The van der Waals surface area contributed by atoms with Gasteiger partial charge in [0.05, 0.1) is 6.61 Å². The molecule has 0 aliphatic carbocycles. The van der Waals surface area contributed by atoms with Crippen LogP contribution in [0, 0.1) is 0 Å². The van der Waals surface area contributed by atoms with Crippen molar-refractivity contribution in [3.63, 3.8) is 0 Å². The van der Waals surface area contributed by atoms with Crippen LogP contribution in [0.5, 0.6) is 5.75 Å². The average Bonchev–Trinajstić information content (AvgIpc) is 2.73.